The van der Waals surface area contributed by atoms with Gasteiger partial charge in [-0.05, 0) is 24.6 Å². The number of rotatable bonds is 3. The second kappa shape index (κ2) is 6.11. The number of nitrogens with one attached hydrogen (secondary N) is 2. The molecule has 0 spiro atoms. The van der Waals surface area contributed by atoms with Gasteiger partial charge in [-0.2, -0.15) is 0 Å². The monoisotopic (exact) mass is 298 g/mol. The molecule has 2 heterocycles. The van der Waals surface area contributed by atoms with Crippen LogP contribution in [0.5, 0.6) is 0 Å². The summed E-state index contributed by atoms with van der Waals surface area (Å²) in [5, 5.41) is 2.88. The Kier molecular flexibility index (Phi) is 4.02. The average molecular weight is 298 g/mol. The van der Waals surface area contributed by atoms with E-state index in [-0.39, 0.29) is 23.2 Å². The summed E-state index contributed by atoms with van der Waals surface area (Å²) in [6.45, 7) is 1.43. The van der Waals surface area contributed by atoms with Crippen LogP contribution >= 0.6 is 0 Å². The van der Waals surface area contributed by atoms with Gasteiger partial charge in [0.25, 0.3) is 11.5 Å². The van der Waals surface area contributed by atoms with E-state index in [4.69, 9.17) is 0 Å². The van der Waals surface area contributed by atoms with Gasteiger partial charge >= 0.3 is 0 Å². The number of H-pyrrole nitrogens is 1. The average Bonchev–Trinajstić information content (AvgIpc) is 2.53. The number of benzene rings is 1. The lowest BCUT2D eigenvalue weighted by Gasteiger charge is -2.34. The Bertz CT molecular complexity index is 720. The highest BCUT2D eigenvalue weighted by Crippen LogP contribution is 2.21. The molecule has 0 fully saturated rings. The molecule has 1 aromatic carbocycles. The lowest BCUT2D eigenvalue weighted by Crippen LogP contribution is -2.45. The first-order valence-corrected chi connectivity index (χ1v) is 7.23. The van der Waals surface area contributed by atoms with Gasteiger partial charge in [0.1, 0.15) is 5.69 Å². The summed E-state index contributed by atoms with van der Waals surface area (Å²) in [4.78, 5) is 31.5. The van der Waals surface area contributed by atoms with Gasteiger partial charge in [0.05, 0.1) is 6.20 Å². The molecule has 2 aromatic rings. The van der Waals surface area contributed by atoms with Crippen molar-refractivity contribution in [3.8, 4) is 0 Å². The minimum Gasteiger partial charge on any atom is -0.349 e. The number of amides is 1. The van der Waals surface area contributed by atoms with Crippen molar-refractivity contribution in [2.75, 3.05) is 13.6 Å². The molecule has 1 aromatic heterocycles. The van der Waals surface area contributed by atoms with E-state index in [1.54, 1.807) is 0 Å². The van der Waals surface area contributed by atoms with Crippen molar-refractivity contribution in [2.45, 2.75) is 19.0 Å². The predicted octanol–water partition coefficient (Wildman–Crippen LogP) is 0.556. The van der Waals surface area contributed by atoms with Crippen LogP contribution in [0.4, 0.5) is 0 Å². The third-order valence-corrected chi connectivity index (χ3v) is 4.02. The quantitative estimate of drug-likeness (QED) is 0.868. The van der Waals surface area contributed by atoms with Crippen LogP contribution in [-0.4, -0.2) is 40.4 Å². The van der Waals surface area contributed by atoms with E-state index in [2.05, 4.69) is 45.4 Å². The number of nitrogens with zero attached hydrogens (tertiary/aromatic N) is 2. The fraction of sp³-hybridized carbons (Fsp3) is 0.312. The van der Waals surface area contributed by atoms with Crippen molar-refractivity contribution < 1.29 is 4.79 Å². The molecular formula is C16H18N4O2. The zero-order valence-corrected chi connectivity index (χ0v) is 12.4. The topological polar surface area (TPSA) is 78.1 Å². The molecule has 6 nitrogen and oxygen atoms in total. The summed E-state index contributed by atoms with van der Waals surface area (Å²) in [6.07, 6.45) is 3.35. The van der Waals surface area contributed by atoms with Crippen LogP contribution in [0.15, 0.2) is 41.5 Å². The molecule has 2 N–H and O–H groups in total. The number of hydrogen-bond donors (Lipinski definition) is 2. The molecule has 3 rings (SSSR count). The summed E-state index contributed by atoms with van der Waals surface area (Å²) in [6, 6.07) is 8.63. The SMILES string of the molecule is CN1Cc2ccccc2CC1CNC(=O)c1c[nH]c(=O)cn1. The molecule has 1 atom stereocenters. The molecule has 22 heavy (non-hydrogen) atoms. The maximum absolute atomic E-state index is 12.0. The maximum atomic E-state index is 12.0. The first kappa shape index (κ1) is 14.5. The Morgan fingerprint density at radius 2 is 2.18 bits per heavy atom. The van der Waals surface area contributed by atoms with Gasteiger partial charge in [0.2, 0.25) is 0 Å². The Hall–Kier alpha value is -2.47. The van der Waals surface area contributed by atoms with Crippen LogP contribution in [0.2, 0.25) is 0 Å². The van der Waals surface area contributed by atoms with Crippen LogP contribution in [0.25, 0.3) is 0 Å². The number of carbonyl (C=O) groups excluding carboxylic acids is 1. The molecule has 1 aliphatic heterocycles. The molecule has 6 heteroatoms. The molecule has 0 bridgehead atoms. The van der Waals surface area contributed by atoms with E-state index in [0.29, 0.717) is 6.54 Å². The van der Waals surface area contributed by atoms with E-state index >= 15 is 0 Å². The van der Waals surface area contributed by atoms with E-state index in [0.717, 1.165) is 19.2 Å². The largest absolute Gasteiger partial charge is 0.349 e. The van der Waals surface area contributed by atoms with Crippen molar-refractivity contribution in [3.63, 3.8) is 0 Å². The third-order valence-electron chi connectivity index (χ3n) is 4.02. The van der Waals surface area contributed by atoms with Gasteiger partial charge in [-0.3, -0.25) is 14.5 Å². The number of aromatic amines is 1. The van der Waals surface area contributed by atoms with Gasteiger partial charge in [0, 0.05) is 25.3 Å². The van der Waals surface area contributed by atoms with Crippen molar-refractivity contribution in [1.82, 2.24) is 20.2 Å². The first-order chi connectivity index (χ1) is 10.6. The molecule has 1 amide bonds. The zero-order chi connectivity index (χ0) is 15.5. The van der Waals surface area contributed by atoms with Gasteiger partial charge in [-0.15, -0.1) is 0 Å². The van der Waals surface area contributed by atoms with Crippen LogP contribution in [-0.2, 0) is 13.0 Å². The van der Waals surface area contributed by atoms with Gasteiger partial charge in [-0.25, -0.2) is 4.98 Å². The summed E-state index contributed by atoms with van der Waals surface area (Å²) < 4.78 is 0. The minimum atomic E-state index is -0.319. The maximum Gasteiger partial charge on any atom is 0.271 e. The Morgan fingerprint density at radius 3 is 2.91 bits per heavy atom. The second-order valence-corrected chi connectivity index (χ2v) is 5.55. The normalized spacial score (nSPS) is 17.8. The van der Waals surface area contributed by atoms with Gasteiger partial charge < -0.3 is 10.3 Å². The number of hydrogen-bond acceptors (Lipinski definition) is 4. The van der Waals surface area contributed by atoms with Crippen molar-refractivity contribution in [1.29, 1.82) is 0 Å². The molecule has 0 radical (unpaired) electrons. The van der Waals surface area contributed by atoms with Gasteiger partial charge in [-0.1, -0.05) is 24.3 Å². The Balaban J connectivity index is 1.63. The summed E-state index contributed by atoms with van der Waals surface area (Å²) in [5.41, 5.74) is 2.58. The fourth-order valence-corrected chi connectivity index (χ4v) is 2.71. The van der Waals surface area contributed by atoms with E-state index in [9.17, 15) is 9.59 Å². The molecule has 1 unspecified atom stereocenters. The number of carbonyl (C=O) groups is 1. The second-order valence-electron chi connectivity index (χ2n) is 5.55. The highest BCUT2D eigenvalue weighted by molar-refractivity contribution is 5.91. The van der Waals surface area contributed by atoms with Crippen molar-refractivity contribution in [2.24, 2.45) is 0 Å². The summed E-state index contributed by atoms with van der Waals surface area (Å²) >= 11 is 0. The van der Waals surface area contributed by atoms with E-state index in [1.807, 2.05) is 6.07 Å². The van der Waals surface area contributed by atoms with Crippen molar-refractivity contribution >= 4 is 5.91 Å². The number of fused-ring (bicyclic) bond motifs is 1. The predicted molar refractivity (Wildman–Crippen MR) is 82.6 cm³/mol. The Morgan fingerprint density at radius 1 is 1.41 bits per heavy atom. The Labute approximate surface area is 128 Å². The lowest BCUT2D eigenvalue weighted by molar-refractivity contribution is 0.0929. The molecule has 1 aliphatic rings. The lowest BCUT2D eigenvalue weighted by atomic mass is 9.94. The minimum absolute atomic E-state index is 0.221. The van der Waals surface area contributed by atoms with Crippen LogP contribution in [0, 0.1) is 0 Å². The first-order valence-electron chi connectivity index (χ1n) is 7.23. The van der Waals surface area contributed by atoms with Crippen LogP contribution in [0.3, 0.4) is 0 Å². The molecule has 0 aliphatic carbocycles. The van der Waals surface area contributed by atoms with Crippen LogP contribution < -0.4 is 10.9 Å². The molecule has 114 valence electrons. The van der Waals surface area contributed by atoms with Crippen molar-refractivity contribution in [3.05, 3.63) is 63.8 Å². The zero-order valence-electron chi connectivity index (χ0n) is 12.4. The highest BCUT2D eigenvalue weighted by atomic mass is 16.2. The van der Waals surface area contributed by atoms with Gasteiger partial charge in [0.15, 0.2) is 0 Å². The van der Waals surface area contributed by atoms with E-state index < -0.39 is 0 Å². The molecule has 0 saturated heterocycles. The summed E-state index contributed by atoms with van der Waals surface area (Å²) in [7, 11) is 2.06. The summed E-state index contributed by atoms with van der Waals surface area (Å²) in [5.74, 6) is -0.275. The third kappa shape index (κ3) is 3.07. The van der Waals surface area contributed by atoms with E-state index in [1.165, 1.54) is 17.3 Å². The fourth-order valence-electron chi connectivity index (χ4n) is 2.71. The smallest absolute Gasteiger partial charge is 0.271 e. The number of aromatic nitrogens is 2. The highest BCUT2D eigenvalue weighted by Gasteiger charge is 2.23. The molecular weight excluding hydrogens is 280 g/mol. The standard InChI is InChI=1S/C16H18N4O2/c1-20-10-12-5-3-2-4-11(12)6-13(20)7-19-16(22)14-8-18-15(21)9-17-14/h2-5,8-9,13H,6-7,10H2,1H3,(H,18,21)(H,19,22). The number of likely N-dealkylation sites (N-methyl/N-ethyl adjacent to an activating group) is 1. The molecule has 0 saturated carbocycles. The van der Waals surface area contributed by atoms with Crippen LogP contribution in [0.1, 0.15) is 21.6 Å².